The van der Waals surface area contributed by atoms with E-state index in [0.717, 1.165) is 32.4 Å². The highest BCUT2D eigenvalue weighted by Crippen LogP contribution is 2.42. The quantitative estimate of drug-likeness (QED) is 0.172. The molecule has 32 heavy (non-hydrogen) atoms. The summed E-state index contributed by atoms with van der Waals surface area (Å²) < 4.78 is 40.5. The van der Waals surface area contributed by atoms with E-state index in [1.165, 1.54) is 57.4 Å². The second-order valence-electron chi connectivity index (χ2n) is 8.16. The van der Waals surface area contributed by atoms with E-state index in [9.17, 15) is 13.8 Å². The van der Waals surface area contributed by atoms with Crippen molar-refractivity contribution in [2.45, 2.75) is 96.7 Å². The Hall–Kier alpha value is -1.29. The third kappa shape index (κ3) is 14.0. The highest BCUT2D eigenvalue weighted by Gasteiger charge is 2.22. The molecule has 0 aliphatic carbocycles. The minimum atomic E-state index is -4.09. The molecule has 0 aliphatic heterocycles. The van der Waals surface area contributed by atoms with Crippen molar-refractivity contribution in [2.75, 3.05) is 13.7 Å². The predicted octanol–water partition coefficient (Wildman–Crippen LogP) is 7.05. The number of benzene rings is 1. The molecule has 1 unspecified atom stereocenters. The normalized spacial score (nSPS) is 14.1. The summed E-state index contributed by atoms with van der Waals surface area (Å²) in [6.45, 7) is 2.22. The van der Waals surface area contributed by atoms with Crippen LogP contribution in [0.15, 0.2) is 18.2 Å². The lowest BCUT2D eigenvalue weighted by Crippen LogP contribution is -2.19. The molecule has 1 N–H and O–H groups in total. The molecule has 2 atom stereocenters. The lowest BCUT2D eigenvalue weighted by molar-refractivity contribution is -0.00516. The average Bonchev–Trinajstić information content (AvgIpc) is 2.78. The SMILES string of the molecule is CCCCCCCCCCCCC[C@@H](COP(=O)(O)OC)OCc1cc(F)cc(C#N)c1. The highest BCUT2D eigenvalue weighted by atomic mass is 31.2. The summed E-state index contributed by atoms with van der Waals surface area (Å²) in [7, 11) is -2.99. The van der Waals surface area contributed by atoms with Crippen molar-refractivity contribution in [3.63, 3.8) is 0 Å². The molecule has 0 amide bonds. The number of nitriles is 1. The lowest BCUT2D eigenvalue weighted by Gasteiger charge is -2.19. The molecular formula is C24H39FNO5P. The van der Waals surface area contributed by atoms with E-state index in [-0.39, 0.29) is 18.8 Å². The van der Waals surface area contributed by atoms with E-state index in [1.54, 1.807) is 6.07 Å². The number of halogens is 1. The number of unbranched alkanes of at least 4 members (excludes halogenated alkanes) is 10. The van der Waals surface area contributed by atoms with Gasteiger partial charge in [0.05, 0.1) is 31.0 Å². The Bertz CT molecular complexity index is 725. The van der Waals surface area contributed by atoms with Crippen LogP contribution >= 0.6 is 7.82 Å². The van der Waals surface area contributed by atoms with Crippen molar-refractivity contribution in [2.24, 2.45) is 0 Å². The molecule has 0 radical (unpaired) electrons. The van der Waals surface area contributed by atoms with Crippen molar-refractivity contribution in [1.82, 2.24) is 0 Å². The largest absolute Gasteiger partial charge is 0.472 e. The molecule has 6 nitrogen and oxygen atoms in total. The van der Waals surface area contributed by atoms with Crippen molar-refractivity contribution >= 4 is 7.82 Å². The smallest absolute Gasteiger partial charge is 0.371 e. The summed E-state index contributed by atoms with van der Waals surface area (Å²) in [5, 5.41) is 8.98. The molecule has 0 saturated carbocycles. The van der Waals surface area contributed by atoms with Gasteiger partial charge in [-0.15, -0.1) is 0 Å². The molecule has 1 aromatic rings. The molecular weight excluding hydrogens is 432 g/mol. The van der Waals surface area contributed by atoms with Gasteiger partial charge in [-0.25, -0.2) is 8.96 Å². The van der Waals surface area contributed by atoms with Crippen LogP contribution in [0.4, 0.5) is 4.39 Å². The number of nitrogens with zero attached hydrogens (tertiary/aromatic N) is 1. The minimum absolute atomic E-state index is 0.0845. The van der Waals surface area contributed by atoms with Gasteiger partial charge in [-0.05, 0) is 30.2 Å². The molecule has 0 bridgehead atoms. The van der Waals surface area contributed by atoms with Gasteiger partial charge in [0.15, 0.2) is 0 Å². The number of phosphoric acid groups is 1. The van der Waals surface area contributed by atoms with Gasteiger partial charge in [0.2, 0.25) is 0 Å². The van der Waals surface area contributed by atoms with Crippen LogP contribution in [0, 0.1) is 17.1 Å². The minimum Gasteiger partial charge on any atom is -0.371 e. The van der Waals surface area contributed by atoms with Crippen molar-refractivity contribution in [3.05, 3.63) is 35.1 Å². The van der Waals surface area contributed by atoms with Gasteiger partial charge < -0.3 is 9.63 Å². The third-order valence-corrected chi connectivity index (χ3v) is 6.29. The van der Waals surface area contributed by atoms with E-state index in [1.807, 2.05) is 6.07 Å². The van der Waals surface area contributed by atoms with E-state index < -0.39 is 19.7 Å². The number of rotatable bonds is 19. The van der Waals surface area contributed by atoms with Crippen LogP contribution in [-0.2, 0) is 25.0 Å². The molecule has 0 aromatic heterocycles. The standard InChI is InChI=1S/C24H39FNO5P/c1-3-4-5-6-7-8-9-10-11-12-13-14-24(20-31-32(27,28)29-2)30-19-22-15-21(18-26)16-23(25)17-22/h15-17,24H,3-14,19-20H2,1-2H3,(H,27,28)/t24-/m0/s1. The van der Waals surface area contributed by atoms with Gasteiger partial charge in [0.1, 0.15) is 5.82 Å². The van der Waals surface area contributed by atoms with Crippen molar-refractivity contribution in [3.8, 4) is 6.07 Å². The monoisotopic (exact) mass is 471 g/mol. The van der Waals surface area contributed by atoms with Crippen LogP contribution in [-0.4, -0.2) is 24.7 Å². The number of phosphoric ester groups is 1. The molecule has 0 spiro atoms. The van der Waals surface area contributed by atoms with Gasteiger partial charge in [0, 0.05) is 7.11 Å². The van der Waals surface area contributed by atoms with Crippen LogP contribution in [0.5, 0.6) is 0 Å². The summed E-state index contributed by atoms with van der Waals surface area (Å²) in [6.07, 6.45) is 13.7. The van der Waals surface area contributed by atoms with E-state index in [0.29, 0.717) is 12.0 Å². The summed E-state index contributed by atoms with van der Waals surface area (Å²) in [4.78, 5) is 9.49. The fourth-order valence-electron chi connectivity index (χ4n) is 3.49. The first-order valence-electron chi connectivity index (χ1n) is 11.7. The van der Waals surface area contributed by atoms with E-state index in [2.05, 4.69) is 11.4 Å². The van der Waals surface area contributed by atoms with E-state index in [4.69, 9.17) is 14.5 Å². The van der Waals surface area contributed by atoms with Crippen LogP contribution in [0.1, 0.15) is 95.1 Å². The van der Waals surface area contributed by atoms with Crippen LogP contribution in [0.3, 0.4) is 0 Å². The highest BCUT2D eigenvalue weighted by molar-refractivity contribution is 7.47. The first-order chi connectivity index (χ1) is 15.4. The topological polar surface area (TPSA) is 88.8 Å². The second-order valence-corrected chi connectivity index (χ2v) is 9.72. The van der Waals surface area contributed by atoms with Gasteiger partial charge in [0.25, 0.3) is 0 Å². The van der Waals surface area contributed by atoms with Crippen LogP contribution < -0.4 is 0 Å². The molecule has 182 valence electrons. The third-order valence-electron chi connectivity index (χ3n) is 5.36. The molecule has 0 aliphatic rings. The molecule has 8 heteroatoms. The van der Waals surface area contributed by atoms with Gasteiger partial charge in [-0.3, -0.25) is 9.05 Å². The number of ether oxygens (including phenoxy) is 1. The average molecular weight is 472 g/mol. The fraction of sp³-hybridized carbons (Fsp3) is 0.708. The molecule has 1 aromatic carbocycles. The maximum absolute atomic E-state index is 13.6. The van der Waals surface area contributed by atoms with Crippen molar-refractivity contribution in [1.29, 1.82) is 5.26 Å². The number of hydrogen-bond acceptors (Lipinski definition) is 5. The Balaban J connectivity index is 2.37. The predicted molar refractivity (Wildman–Crippen MR) is 124 cm³/mol. The van der Waals surface area contributed by atoms with Crippen molar-refractivity contribution < 1.29 is 27.6 Å². The zero-order valence-corrected chi connectivity index (χ0v) is 20.5. The first-order valence-corrected chi connectivity index (χ1v) is 13.2. The molecule has 0 fully saturated rings. The first kappa shape index (κ1) is 28.7. The Kier molecular flexibility index (Phi) is 15.5. The maximum atomic E-state index is 13.6. The Morgan fingerprint density at radius 1 is 1.03 bits per heavy atom. The summed E-state index contributed by atoms with van der Waals surface area (Å²) in [5.74, 6) is -0.500. The zero-order chi connectivity index (χ0) is 23.7. The zero-order valence-electron chi connectivity index (χ0n) is 19.6. The van der Waals surface area contributed by atoms with Crippen LogP contribution in [0.2, 0.25) is 0 Å². The lowest BCUT2D eigenvalue weighted by atomic mass is 10.0. The van der Waals surface area contributed by atoms with Crippen LogP contribution in [0.25, 0.3) is 0 Å². The van der Waals surface area contributed by atoms with Gasteiger partial charge >= 0.3 is 7.82 Å². The Labute approximate surface area is 192 Å². The summed E-state index contributed by atoms with van der Waals surface area (Å²) >= 11 is 0. The molecule has 0 saturated heterocycles. The second kappa shape index (κ2) is 17.2. The number of hydrogen-bond donors (Lipinski definition) is 1. The summed E-state index contributed by atoms with van der Waals surface area (Å²) in [6, 6.07) is 5.96. The Morgan fingerprint density at radius 3 is 2.19 bits per heavy atom. The Morgan fingerprint density at radius 2 is 1.62 bits per heavy atom. The molecule has 1 rings (SSSR count). The summed E-state index contributed by atoms with van der Waals surface area (Å²) in [5.41, 5.74) is 0.755. The van der Waals surface area contributed by atoms with E-state index >= 15 is 0 Å². The van der Waals surface area contributed by atoms with Gasteiger partial charge in [-0.1, -0.05) is 77.6 Å². The van der Waals surface area contributed by atoms with Gasteiger partial charge in [-0.2, -0.15) is 5.26 Å². The molecule has 0 heterocycles. The maximum Gasteiger partial charge on any atom is 0.472 e. The fourth-order valence-corrected chi connectivity index (χ4v) is 3.95.